The monoisotopic (exact) mass is 205 g/mol. The van der Waals surface area contributed by atoms with Gasteiger partial charge in [0.1, 0.15) is 12.2 Å². The van der Waals surface area contributed by atoms with Crippen LogP contribution in [-0.4, -0.2) is 27.6 Å². The Morgan fingerprint density at radius 3 is 3.07 bits per heavy atom. The molecule has 5 nitrogen and oxygen atoms in total. The third-order valence-corrected chi connectivity index (χ3v) is 2.31. The van der Waals surface area contributed by atoms with Crippen LogP contribution in [0.3, 0.4) is 0 Å². The van der Waals surface area contributed by atoms with Gasteiger partial charge in [0.2, 0.25) is 0 Å². The number of fused-ring (bicyclic) bond motifs is 1. The molecule has 2 heterocycles. The summed E-state index contributed by atoms with van der Waals surface area (Å²) in [6.07, 6.45) is 3.59. The van der Waals surface area contributed by atoms with E-state index in [1.165, 1.54) is 7.11 Å². The summed E-state index contributed by atoms with van der Waals surface area (Å²) >= 11 is 0. The van der Waals surface area contributed by atoms with Crippen LogP contribution in [0.15, 0.2) is 18.5 Å². The maximum absolute atomic E-state index is 11.1. The highest BCUT2D eigenvalue weighted by atomic mass is 16.5. The number of rotatable bonds is 2. The van der Waals surface area contributed by atoms with E-state index >= 15 is 0 Å². The van der Waals surface area contributed by atoms with Crippen LogP contribution in [0.4, 0.5) is 0 Å². The molecule has 0 atom stereocenters. The molecule has 0 aliphatic heterocycles. The van der Waals surface area contributed by atoms with E-state index in [2.05, 4.69) is 14.7 Å². The Labute approximate surface area is 86.7 Å². The molecule has 0 aliphatic rings. The molecule has 0 fully saturated rings. The molecular weight excluding hydrogens is 194 g/mol. The van der Waals surface area contributed by atoms with Crippen molar-refractivity contribution in [3.63, 3.8) is 0 Å². The lowest BCUT2D eigenvalue weighted by molar-refractivity contribution is -0.139. The van der Waals surface area contributed by atoms with Crippen LogP contribution in [0.1, 0.15) is 5.82 Å². The number of pyridine rings is 1. The lowest BCUT2D eigenvalue weighted by Crippen LogP contribution is -2.09. The number of imidazole rings is 1. The van der Waals surface area contributed by atoms with Gasteiger partial charge in [-0.1, -0.05) is 0 Å². The van der Waals surface area contributed by atoms with E-state index < -0.39 is 0 Å². The van der Waals surface area contributed by atoms with Crippen molar-refractivity contribution in [1.82, 2.24) is 14.5 Å². The summed E-state index contributed by atoms with van der Waals surface area (Å²) in [6.45, 7) is 0. The highest BCUT2D eigenvalue weighted by molar-refractivity contribution is 5.77. The summed E-state index contributed by atoms with van der Waals surface area (Å²) in [6, 6.07) is 1.82. The zero-order valence-electron chi connectivity index (χ0n) is 8.60. The molecule has 78 valence electrons. The predicted octanol–water partition coefficient (Wildman–Crippen LogP) is 0.684. The van der Waals surface area contributed by atoms with Crippen molar-refractivity contribution < 1.29 is 9.53 Å². The van der Waals surface area contributed by atoms with Crippen LogP contribution < -0.4 is 0 Å². The minimum atomic E-state index is -0.290. The van der Waals surface area contributed by atoms with Gasteiger partial charge in [0.25, 0.3) is 0 Å². The summed E-state index contributed by atoms with van der Waals surface area (Å²) < 4.78 is 6.44. The van der Waals surface area contributed by atoms with Crippen molar-refractivity contribution in [3.8, 4) is 0 Å². The Hall–Kier alpha value is -1.91. The van der Waals surface area contributed by atoms with Gasteiger partial charge in [-0.15, -0.1) is 0 Å². The molecule has 0 unspecified atom stereocenters. The van der Waals surface area contributed by atoms with Crippen LogP contribution in [0.25, 0.3) is 11.0 Å². The van der Waals surface area contributed by atoms with Crippen LogP contribution in [0.5, 0.6) is 0 Å². The lowest BCUT2D eigenvalue weighted by atomic mass is 10.4. The number of carbonyl (C=O) groups excluding carboxylic acids is 1. The Morgan fingerprint density at radius 1 is 1.60 bits per heavy atom. The van der Waals surface area contributed by atoms with Crippen molar-refractivity contribution in [3.05, 3.63) is 24.3 Å². The van der Waals surface area contributed by atoms with E-state index in [0.29, 0.717) is 5.82 Å². The van der Waals surface area contributed by atoms with E-state index in [0.717, 1.165) is 11.0 Å². The second-order valence-corrected chi connectivity index (χ2v) is 3.20. The summed E-state index contributed by atoms with van der Waals surface area (Å²) in [5.41, 5.74) is 1.75. The smallest absolute Gasteiger partial charge is 0.313 e. The predicted molar refractivity (Wildman–Crippen MR) is 54.2 cm³/mol. The Balaban J connectivity index is 2.44. The minimum Gasteiger partial charge on any atom is -0.469 e. The molecule has 0 N–H and O–H groups in total. The van der Waals surface area contributed by atoms with Crippen molar-refractivity contribution in [2.75, 3.05) is 7.11 Å². The van der Waals surface area contributed by atoms with Crippen molar-refractivity contribution in [2.45, 2.75) is 6.42 Å². The topological polar surface area (TPSA) is 57.0 Å². The zero-order valence-corrected chi connectivity index (χ0v) is 8.60. The molecule has 0 bridgehead atoms. The molecule has 0 spiro atoms. The normalized spacial score (nSPS) is 10.5. The highest BCUT2D eigenvalue weighted by Crippen LogP contribution is 2.13. The molecule has 15 heavy (non-hydrogen) atoms. The molecular formula is C10H11N3O2. The summed E-state index contributed by atoms with van der Waals surface area (Å²) in [7, 11) is 3.22. The number of carbonyl (C=O) groups is 1. The molecule has 0 saturated carbocycles. The summed E-state index contributed by atoms with van der Waals surface area (Å²) in [5, 5.41) is 0. The average molecular weight is 205 g/mol. The second kappa shape index (κ2) is 3.68. The van der Waals surface area contributed by atoms with Crippen LogP contribution in [-0.2, 0) is 23.0 Å². The van der Waals surface area contributed by atoms with Gasteiger partial charge >= 0.3 is 5.97 Å². The number of hydrogen-bond donors (Lipinski definition) is 0. The summed E-state index contributed by atoms with van der Waals surface area (Å²) in [4.78, 5) is 19.5. The standard InChI is InChI=1S/C10H11N3O2/c1-13-8-6-11-4-3-7(8)12-9(13)5-10(14)15-2/h3-4,6H,5H2,1-2H3. The van der Waals surface area contributed by atoms with E-state index in [1.807, 2.05) is 17.7 Å². The summed E-state index contributed by atoms with van der Waals surface area (Å²) in [5.74, 6) is 0.395. The second-order valence-electron chi connectivity index (χ2n) is 3.20. The maximum Gasteiger partial charge on any atom is 0.313 e. The molecule has 0 aliphatic carbocycles. The molecule has 0 saturated heterocycles. The first-order valence-corrected chi connectivity index (χ1v) is 4.54. The number of aromatic nitrogens is 3. The van der Waals surface area contributed by atoms with Crippen molar-refractivity contribution >= 4 is 17.0 Å². The van der Waals surface area contributed by atoms with Gasteiger partial charge in [-0.25, -0.2) is 4.98 Å². The van der Waals surface area contributed by atoms with Gasteiger partial charge < -0.3 is 9.30 Å². The maximum atomic E-state index is 11.1. The van der Waals surface area contributed by atoms with Gasteiger partial charge in [-0.2, -0.15) is 0 Å². The molecule has 2 aromatic heterocycles. The third kappa shape index (κ3) is 1.68. The molecule has 0 radical (unpaired) electrons. The first-order valence-electron chi connectivity index (χ1n) is 4.54. The fourth-order valence-corrected chi connectivity index (χ4v) is 1.44. The van der Waals surface area contributed by atoms with Gasteiger partial charge in [-0.3, -0.25) is 9.78 Å². The van der Waals surface area contributed by atoms with Crippen molar-refractivity contribution in [2.24, 2.45) is 7.05 Å². The number of esters is 1. The quantitative estimate of drug-likeness (QED) is 0.676. The zero-order chi connectivity index (χ0) is 10.8. The molecule has 2 rings (SSSR count). The largest absolute Gasteiger partial charge is 0.469 e. The average Bonchev–Trinajstić information content (AvgIpc) is 2.57. The molecule has 0 amide bonds. The fraction of sp³-hybridized carbons (Fsp3) is 0.300. The first-order chi connectivity index (χ1) is 7.22. The molecule has 0 aromatic carbocycles. The van der Waals surface area contributed by atoms with Gasteiger partial charge in [0.15, 0.2) is 0 Å². The number of hydrogen-bond acceptors (Lipinski definition) is 4. The van der Waals surface area contributed by atoms with Crippen LogP contribution in [0.2, 0.25) is 0 Å². The molecule has 2 aromatic rings. The Kier molecular flexibility index (Phi) is 2.37. The highest BCUT2D eigenvalue weighted by Gasteiger charge is 2.11. The number of methoxy groups -OCH3 is 1. The molecule has 5 heteroatoms. The van der Waals surface area contributed by atoms with Gasteiger partial charge in [0.05, 0.1) is 24.3 Å². The SMILES string of the molecule is COC(=O)Cc1nc2ccncc2n1C. The lowest BCUT2D eigenvalue weighted by Gasteiger charge is -2.00. The van der Waals surface area contributed by atoms with Gasteiger partial charge in [-0.05, 0) is 6.07 Å². The number of ether oxygens (including phenoxy) is 1. The third-order valence-electron chi connectivity index (χ3n) is 2.31. The van der Waals surface area contributed by atoms with E-state index in [4.69, 9.17) is 0 Å². The first kappa shape index (κ1) is 9.64. The van der Waals surface area contributed by atoms with Crippen LogP contribution in [0, 0.1) is 0 Å². The van der Waals surface area contributed by atoms with Crippen molar-refractivity contribution in [1.29, 1.82) is 0 Å². The Bertz CT molecular complexity index is 504. The van der Waals surface area contributed by atoms with E-state index in [1.54, 1.807) is 12.4 Å². The fourth-order valence-electron chi connectivity index (χ4n) is 1.44. The Morgan fingerprint density at radius 2 is 2.40 bits per heavy atom. The number of nitrogens with zero attached hydrogens (tertiary/aromatic N) is 3. The minimum absolute atomic E-state index is 0.182. The van der Waals surface area contributed by atoms with E-state index in [-0.39, 0.29) is 12.4 Å². The van der Waals surface area contributed by atoms with E-state index in [9.17, 15) is 4.79 Å². The van der Waals surface area contributed by atoms with Gasteiger partial charge in [0, 0.05) is 13.2 Å². The number of aryl methyl sites for hydroxylation is 1. The van der Waals surface area contributed by atoms with Crippen LogP contribution >= 0.6 is 0 Å².